The van der Waals surface area contributed by atoms with Crippen molar-refractivity contribution in [2.24, 2.45) is 4.99 Å². The lowest BCUT2D eigenvalue weighted by atomic mass is 10.2. The Morgan fingerprint density at radius 1 is 1.27 bits per heavy atom. The molecule has 2 aromatic rings. The van der Waals surface area contributed by atoms with Gasteiger partial charge < -0.3 is 10.6 Å². The third-order valence-corrected chi connectivity index (χ3v) is 4.40. The second kappa shape index (κ2) is 10.2. The van der Waals surface area contributed by atoms with Gasteiger partial charge in [0.25, 0.3) is 0 Å². The fraction of sp³-hybridized carbons (Fsp3) is 0.333. The Balaban J connectivity index is 0.00000242. The van der Waals surface area contributed by atoms with Gasteiger partial charge in [0.1, 0.15) is 0 Å². The number of aryl methyl sites for hydroxylation is 1. The molecule has 1 heterocycles. The molecule has 120 valence electrons. The zero-order valence-corrected chi connectivity index (χ0v) is 17.3. The Morgan fingerprint density at radius 2 is 2.00 bits per heavy atom. The van der Waals surface area contributed by atoms with Gasteiger partial charge >= 0.3 is 0 Å². The third kappa shape index (κ3) is 6.62. The van der Waals surface area contributed by atoms with Gasteiger partial charge in [-0.3, -0.25) is 4.99 Å². The van der Waals surface area contributed by atoms with Crippen molar-refractivity contribution in [1.29, 1.82) is 0 Å². The summed E-state index contributed by atoms with van der Waals surface area (Å²) in [5, 5.41) is 7.76. The van der Waals surface area contributed by atoms with Crippen LogP contribution in [0.2, 0.25) is 0 Å². The summed E-state index contributed by atoms with van der Waals surface area (Å²) >= 11 is 5.18. The van der Waals surface area contributed by atoms with Crippen LogP contribution in [0.5, 0.6) is 0 Å². The number of aliphatic imine (C=N–C) groups is 1. The van der Waals surface area contributed by atoms with E-state index in [9.17, 15) is 0 Å². The Labute approximate surface area is 161 Å². The molecule has 0 amide bonds. The van der Waals surface area contributed by atoms with E-state index in [1.165, 1.54) is 10.4 Å². The first kappa shape index (κ1) is 19.4. The Morgan fingerprint density at radius 3 is 2.59 bits per heavy atom. The van der Waals surface area contributed by atoms with E-state index in [2.05, 4.69) is 55.6 Å². The Kier molecular flexibility index (Phi) is 8.96. The molecule has 4 nitrogen and oxygen atoms in total. The van der Waals surface area contributed by atoms with Crippen molar-refractivity contribution in [2.75, 3.05) is 13.6 Å². The summed E-state index contributed by atoms with van der Waals surface area (Å²) in [5.74, 6) is 0.811. The number of aromatic nitrogens is 1. The van der Waals surface area contributed by atoms with E-state index in [4.69, 9.17) is 0 Å². The van der Waals surface area contributed by atoms with E-state index in [0.29, 0.717) is 0 Å². The monoisotopic (exact) mass is 494 g/mol. The van der Waals surface area contributed by atoms with E-state index in [1.54, 1.807) is 18.4 Å². The van der Waals surface area contributed by atoms with Crippen LogP contribution in [0.4, 0.5) is 0 Å². The molecule has 0 aliphatic carbocycles. The van der Waals surface area contributed by atoms with Crippen LogP contribution in [0.3, 0.4) is 0 Å². The standard InChI is InChI=1S/C15H19BrN4S.HI/c1-11-9-19-14(21-11)7-8-18-15(17-2)20-10-12-3-5-13(16)6-4-12;/h3-6,9H,7-8,10H2,1-2H3,(H2,17,18,20);1H. The van der Waals surface area contributed by atoms with Gasteiger partial charge in [-0.05, 0) is 24.6 Å². The zero-order valence-electron chi connectivity index (χ0n) is 12.6. The minimum absolute atomic E-state index is 0. The fourth-order valence-electron chi connectivity index (χ4n) is 1.81. The summed E-state index contributed by atoms with van der Waals surface area (Å²) in [5.41, 5.74) is 1.22. The molecule has 0 spiro atoms. The SMILES string of the molecule is CN=C(NCCc1ncc(C)s1)NCc1ccc(Br)cc1.I. The predicted molar refractivity (Wildman–Crippen MR) is 108 cm³/mol. The van der Waals surface area contributed by atoms with Gasteiger partial charge in [0, 0.05) is 42.1 Å². The van der Waals surface area contributed by atoms with Gasteiger partial charge in [0.05, 0.1) is 5.01 Å². The maximum absolute atomic E-state index is 4.35. The summed E-state index contributed by atoms with van der Waals surface area (Å²) in [7, 11) is 1.78. The molecule has 0 radical (unpaired) electrons. The molecule has 2 rings (SSSR count). The molecule has 1 aromatic carbocycles. The molecule has 0 atom stereocenters. The van der Waals surface area contributed by atoms with Crippen LogP contribution >= 0.6 is 51.2 Å². The highest BCUT2D eigenvalue weighted by Crippen LogP contribution is 2.11. The lowest BCUT2D eigenvalue weighted by Crippen LogP contribution is -2.37. The number of halogens is 2. The van der Waals surface area contributed by atoms with Crippen molar-refractivity contribution in [3.05, 3.63) is 50.4 Å². The van der Waals surface area contributed by atoms with E-state index < -0.39 is 0 Å². The highest BCUT2D eigenvalue weighted by atomic mass is 127. The summed E-state index contributed by atoms with van der Waals surface area (Å²) in [6.45, 7) is 3.66. The Hall–Kier alpha value is -0.670. The second-order valence-electron chi connectivity index (χ2n) is 4.59. The number of thiazole rings is 1. The van der Waals surface area contributed by atoms with E-state index in [-0.39, 0.29) is 24.0 Å². The summed E-state index contributed by atoms with van der Waals surface area (Å²) < 4.78 is 1.09. The topological polar surface area (TPSA) is 49.3 Å². The Bertz CT molecular complexity index is 598. The fourth-order valence-corrected chi connectivity index (χ4v) is 2.86. The number of hydrogen-bond donors (Lipinski definition) is 2. The van der Waals surface area contributed by atoms with E-state index >= 15 is 0 Å². The van der Waals surface area contributed by atoms with Crippen molar-refractivity contribution in [1.82, 2.24) is 15.6 Å². The largest absolute Gasteiger partial charge is 0.356 e. The van der Waals surface area contributed by atoms with Crippen molar-refractivity contribution >= 4 is 57.2 Å². The predicted octanol–water partition coefficient (Wildman–Crippen LogP) is 3.74. The minimum atomic E-state index is 0. The molecule has 0 aliphatic heterocycles. The molecule has 0 fully saturated rings. The van der Waals surface area contributed by atoms with Crippen LogP contribution in [-0.4, -0.2) is 24.5 Å². The highest BCUT2D eigenvalue weighted by molar-refractivity contribution is 14.0. The summed E-state index contributed by atoms with van der Waals surface area (Å²) in [6.07, 6.45) is 2.83. The average Bonchev–Trinajstić information content (AvgIpc) is 2.90. The van der Waals surface area contributed by atoms with Gasteiger partial charge in [0.2, 0.25) is 0 Å². The molecule has 0 bridgehead atoms. The maximum atomic E-state index is 4.35. The number of nitrogens with zero attached hydrogens (tertiary/aromatic N) is 2. The summed E-state index contributed by atoms with van der Waals surface area (Å²) in [4.78, 5) is 9.83. The van der Waals surface area contributed by atoms with E-state index in [0.717, 1.165) is 35.0 Å². The van der Waals surface area contributed by atoms with Crippen molar-refractivity contribution in [3.63, 3.8) is 0 Å². The zero-order chi connectivity index (χ0) is 15.1. The van der Waals surface area contributed by atoms with Crippen LogP contribution in [0.15, 0.2) is 39.9 Å². The van der Waals surface area contributed by atoms with Crippen molar-refractivity contribution in [2.45, 2.75) is 19.9 Å². The molecule has 22 heavy (non-hydrogen) atoms. The molecular formula is C15H20BrIN4S. The maximum Gasteiger partial charge on any atom is 0.191 e. The third-order valence-electron chi connectivity index (χ3n) is 2.90. The van der Waals surface area contributed by atoms with Gasteiger partial charge in [-0.2, -0.15) is 0 Å². The number of hydrogen-bond acceptors (Lipinski definition) is 3. The van der Waals surface area contributed by atoms with Crippen LogP contribution < -0.4 is 10.6 Å². The van der Waals surface area contributed by atoms with Gasteiger partial charge in [-0.15, -0.1) is 35.3 Å². The molecule has 0 aliphatic rings. The first-order chi connectivity index (χ1) is 10.2. The highest BCUT2D eigenvalue weighted by Gasteiger charge is 2.01. The van der Waals surface area contributed by atoms with Crippen LogP contribution in [-0.2, 0) is 13.0 Å². The number of nitrogens with one attached hydrogen (secondary N) is 2. The molecule has 0 saturated heterocycles. The normalized spacial score (nSPS) is 11.0. The first-order valence-corrected chi connectivity index (χ1v) is 8.38. The van der Waals surface area contributed by atoms with Crippen LogP contribution in [0.25, 0.3) is 0 Å². The molecule has 7 heteroatoms. The lowest BCUT2D eigenvalue weighted by Gasteiger charge is -2.11. The lowest BCUT2D eigenvalue weighted by molar-refractivity contribution is 0.792. The summed E-state index contributed by atoms with van der Waals surface area (Å²) in [6, 6.07) is 8.25. The first-order valence-electron chi connectivity index (χ1n) is 6.77. The van der Waals surface area contributed by atoms with Crippen LogP contribution in [0.1, 0.15) is 15.4 Å². The van der Waals surface area contributed by atoms with Gasteiger partial charge in [-0.1, -0.05) is 28.1 Å². The minimum Gasteiger partial charge on any atom is -0.356 e. The number of benzene rings is 1. The van der Waals surface area contributed by atoms with E-state index in [1.807, 2.05) is 18.3 Å². The smallest absolute Gasteiger partial charge is 0.191 e. The van der Waals surface area contributed by atoms with Gasteiger partial charge in [0.15, 0.2) is 5.96 Å². The average molecular weight is 495 g/mol. The van der Waals surface area contributed by atoms with Crippen molar-refractivity contribution in [3.8, 4) is 0 Å². The molecule has 0 unspecified atom stereocenters. The molecule has 0 saturated carbocycles. The molecule has 1 aromatic heterocycles. The number of rotatable bonds is 5. The second-order valence-corrected chi connectivity index (χ2v) is 6.83. The van der Waals surface area contributed by atoms with Crippen molar-refractivity contribution < 1.29 is 0 Å². The molecule has 2 N–H and O–H groups in total. The number of guanidine groups is 1. The molecular weight excluding hydrogens is 475 g/mol. The van der Waals surface area contributed by atoms with Gasteiger partial charge in [-0.25, -0.2) is 4.98 Å². The quantitative estimate of drug-likeness (QED) is 0.378. The van der Waals surface area contributed by atoms with Crippen LogP contribution in [0, 0.1) is 6.92 Å².